The van der Waals surface area contributed by atoms with Gasteiger partial charge in [0.1, 0.15) is 0 Å². The molecule has 2 rings (SSSR count). The first-order chi connectivity index (χ1) is 13.5. The highest BCUT2D eigenvalue weighted by Gasteiger charge is 2.15. The zero-order valence-corrected chi connectivity index (χ0v) is 16.8. The van der Waals surface area contributed by atoms with Crippen molar-refractivity contribution in [2.24, 2.45) is 0 Å². The van der Waals surface area contributed by atoms with Crippen molar-refractivity contribution in [3.63, 3.8) is 0 Å². The minimum atomic E-state index is -0.548. The Bertz CT molecular complexity index is 811. The lowest BCUT2D eigenvalue weighted by molar-refractivity contribution is -0.384. The van der Waals surface area contributed by atoms with Crippen molar-refractivity contribution in [2.45, 2.75) is 39.0 Å². The lowest BCUT2D eigenvalue weighted by Crippen LogP contribution is -2.26. The number of halogens is 1. The minimum Gasteiger partial charge on any atom is -0.385 e. The first-order valence-electron chi connectivity index (χ1n) is 9.56. The molecule has 0 saturated carbocycles. The van der Waals surface area contributed by atoms with E-state index in [-0.39, 0.29) is 16.3 Å². The van der Waals surface area contributed by atoms with Crippen molar-refractivity contribution in [2.75, 3.05) is 18.4 Å². The number of carbonyl (C=O) groups excluding carboxylic acids is 1. The van der Waals surface area contributed by atoms with E-state index in [2.05, 4.69) is 23.6 Å². The van der Waals surface area contributed by atoms with E-state index in [1.165, 1.54) is 37.5 Å². The number of hydrogen-bond donors (Lipinski definition) is 2. The van der Waals surface area contributed by atoms with Gasteiger partial charge in [0.25, 0.3) is 11.6 Å². The molecule has 0 bridgehead atoms. The molecule has 7 heteroatoms. The SMILES string of the molecule is CCCCCCNc1cccc(CCNC(=O)c2cc([N+](=O)[O-])ccc2Cl)c1. The second-order valence-corrected chi connectivity index (χ2v) is 7.02. The van der Waals surface area contributed by atoms with Crippen LogP contribution >= 0.6 is 11.6 Å². The number of nitro groups is 1. The van der Waals surface area contributed by atoms with Crippen LogP contribution in [0.4, 0.5) is 11.4 Å². The standard InChI is InChI=1S/C21H26ClN3O3/c1-2-3-4-5-12-23-17-8-6-7-16(14-17)11-13-24-21(26)19-15-18(25(27)28)9-10-20(19)22/h6-10,14-15,23H,2-5,11-13H2,1H3,(H,24,26). The van der Waals surface area contributed by atoms with Crippen LogP contribution < -0.4 is 10.6 Å². The van der Waals surface area contributed by atoms with Gasteiger partial charge in [0.15, 0.2) is 0 Å². The summed E-state index contributed by atoms with van der Waals surface area (Å²) in [5, 5.41) is 17.3. The molecule has 0 saturated heterocycles. The molecule has 28 heavy (non-hydrogen) atoms. The summed E-state index contributed by atoms with van der Waals surface area (Å²) in [6, 6.07) is 11.9. The molecule has 0 aliphatic rings. The Labute approximate surface area is 170 Å². The average Bonchev–Trinajstić information content (AvgIpc) is 2.68. The third kappa shape index (κ3) is 6.85. The highest BCUT2D eigenvalue weighted by Crippen LogP contribution is 2.22. The van der Waals surface area contributed by atoms with Gasteiger partial charge in [-0.1, -0.05) is 49.9 Å². The predicted octanol–water partition coefficient (Wildman–Crippen LogP) is 5.21. The summed E-state index contributed by atoms with van der Waals surface area (Å²) in [5.74, 6) is -0.418. The largest absolute Gasteiger partial charge is 0.385 e. The van der Waals surface area contributed by atoms with Crippen LogP contribution in [0.3, 0.4) is 0 Å². The molecule has 2 N–H and O–H groups in total. The molecule has 0 spiro atoms. The summed E-state index contributed by atoms with van der Waals surface area (Å²) in [4.78, 5) is 22.6. The Morgan fingerprint density at radius 3 is 2.68 bits per heavy atom. The van der Waals surface area contributed by atoms with Crippen LogP contribution in [0.2, 0.25) is 5.02 Å². The molecule has 0 radical (unpaired) electrons. The molecule has 1 amide bonds. The van der Waals surface area contributed by atoms with Crippen molar-refractivity contribution < 1.29 is 9.72 Å². The number of carbonyl (C=O) groups is 1. The van der Waals surface area contributed by atoms with Crippen LogP contribution in [0, 0.1) is 10.1 Å². The van der Waals surface area contributed by atoms with Gasteiger partial charge < -0.3 is 10.6 Å². The van der Waals surface area contributed by atoms with Gasteiger partial charge in [0, 0.05) is 30.9 Å². The summed E-state index contributed by atoms with van der Waals surface area (Å²) in [5.41, 5.74) is 2.12. The zero-order chi connectivity index (χ0) is 20.4. The van der Waals surface area contributed by atoms with E-state index in [0.29, 0.717) is 13.0 Å². The number of nitrogens with zero attached hydrogens (tertiary/aromatic N) is 1. The van der Waals surface area contributed by atoms with Gasteiger partial charge in [-0.15, -0.1) is 0 Å². The maximum Gasteiger partial charge on any atom is 0.270 e. The van der Waals surface area contributed by atoms with Crippen LogP contribution in [-0.2, 0) is 6.42 Å². The Morgan fingerprint density at radius 2 is 1.93 bits per heavy atom. The summed E-state index contributed by atoms with van der Waals surface area (Å²) in [6.45, 7) is 3.56. The van der Waals surface area contributed by atoms with Gasteiger partial charge in [-0.05, 0) is 36.6 Å². The van der Waals surface area contributed by atoms with E-state index >= 15 is 0 Å². The smallest absolute Gasteiger partial charge is 0.270 e. The Morgan fingerprint density at radius 1 is 1.11 bits per heavy atom. The third-order valence-corrected chi connectivity index (χ3v) is 4.72. The second kappa shape index (κ2) is 11.3. The number of nitro benzene ring substituents is 1. The predicted molar refractivity (Wildman–Crippen MR) is 113 cm³/mol. The van der Waals surface area contributed by atoms with E-state index < -0.39 is 10.8 Å². The number of rotatable bonds is 11. The highest BCUT2D eigenvalue weighted by molar-refractivity contribution is 6.33. The normalized spacial score (nSPS) is 10.5. The fourth-order valence-electron chi connectivity index (χ4n) is 2.84. The van der Waals surface area contributed by atoms with Crippen LogP contribution in [0.15, 0.2) is 42.5 Å². The summed E-state index contributed by atoms with van der Waals surface area (Å²) >= 11 is 6.00. The van der Waals surface area contributed by atoms with Crippen molar-refractivity contribution in [3.05, 3.63) is 68.7 Å². The van der Waals surface area contributed by atoms with Gasteiger partial charge in [-0.2, -0.15) is 0 Å². The fourth-order valence-corrected chi connectivity index (χ4v) is 3.04. The van der Waals surface area contributed by atoms with E-state index in [4.69, 9.17) is 11.6 Å². The van der Waals surface area contributed by atoms with E-state index in [1.807, 2.05) is 18.2 Å². The number of amides is 1. The van der Waals surface area contributed by atoms with Gasteiger partial charge in [-0.25, -0.2) is 0 Å². The van der Waals surface area contributed by atoms with Gasteiger partial charge in [0.2, 0.25) is 0 Å². The molecule has 0 aliphatic carbocycles. The van der Waals surface area contributed by atoms with Crippen molar-refractivity contribution >= 4 is 28.9 Å². The molecular formula is C21H26ClN3O3. The lowest BCUT2D eigenvalue weighted by atomic mass is 10.1. The van der Waals surface area contributed by atoms with Crippen LogP contribution in [-0.4, -0.2) is 23.9 Å². The molecule has 0 aliphatic heterocycles. The van der Waals surface area contributed by atoms with Crippen molar-refractivity contribution in [1.82, 2.24) is 5.32 Å². The van der Waals surface area contributed by atoms with Crippen LogP contribution in [0.5, 0.6) is 0 Å². The summed E-state index contributed by atoms with van der Waals surface area (Å²) in [7, 11) is 0. The van der Waals surface area contributed by atoms with Gasteiger partial charge >= 0.3 is 0 Å². The monoisotopic (exact) mass is 403 g/mol. The molecule has 0 heterocycles. The van der Waals surface area contributed by atoms with Crippen LogP contribution in [0.1, 0.15) is 48.5 Å². The highest BCUT2D eigenvalue weighted by atomic mass is 35.5. The second-order valence-electron chi connectivity index (χ2n) is 6.61. The lowest BCUT2D eigenvalue weighted by Gasteiger charge is -2.10. The topological polar surface area (TPSA) is 84.3 Å². The Balaban J connectivity index is 1.84. The summed E-state index contributed by atoms with van der Waals surface area (Å²) < 4.78 is 0. The first kappa shape index (κ1) is 21.7. The fraction of sp³-hybridized carbons (Fsp3) is 0.381. The summed E-state index contributed by atoms with van der Waals surface area (Å²) in [6.07, 6.45) is 5.52. The molecule has 2 aromatic rings. The molecule has 0 atom stereocenters. The van der Waals surface area contributed by atoms with E-state index in [0.717, 1.165) is 24.2 Å². The number of nitrogens with one attached hydrogen (secondary N) is 2. The van der Waals surface area contributed by atoms with Crippen LogP contribution in [0.25, 0.3) is 0 Å². The Hall–Kier alpha value is -2.60. The Kier molecular flexibility index (Phi) is 8.75. The number of anilines is 1. The molecule has 0 aromatic heterocycles. The quantitative estimate of drug-likeness (QED) is 0.306. The number of unbranched alkanes of at least 4 members (excludes halogenated alkanes) is 3. The molecule has 150 valence electrons. The van der Waals surface area contributed by atoms with Crippen molar-refractivity contribution in [1.29, 1.82) is 0 Å². The molecule has 0 fully saturated rings. The average molecular weight is 404 g/mol. The van der Waals surface area contributed by atoms with Gasteiger partial charge in [-0.3, -0.25) is 14.9 Å². The van der Waals surface area contributed by atoms with E-state index in [9.17, 15) is 14.9 Å². The number of benzene rings is 2. The zero-order valence-electron chi connectivity index (χ0n) is 16.0. The molecule has 6 nitrogen and oxygen atoms in total. The molecular weight excluding hydrogens is 378 g/mol. The maximum atomic E-state index is 12.3. The number of non-ortho nitro benzene ring substituents is 1. The minimum absolute atomic E-state index is 0.110. The molecule has 0 unspecified atom stereocenters. The third-order valence-electron chi connectivity index (χ3n) is 4.39. The van der Waals surface area contributed by atoms with Gasteiger partial charge in [0.05, 0.1) is 15.5 Å². The van der Waals surface area contributed by atoms with E-state index in [1.54, 1.807) is 0 Å². The first-order valence-corrected chi connectivity index (χ1v) is 9.94. The van der Waals surface area contributed by atoms with Crippen molar-refractivity contribution in [3.8, 4) is 0 Å². The maximum absolute atomic E-state index is 12.3. The molecule has 2 aromatic carbocycles. The number of hydrogen-bond acceptors (Lipinski definition) is 4.